The molecule has 2 N–H and O–H groups in total. The number of fused-ring (bicyclic) bond motifs is 1. The first-order valence-electron chi connectivity index (χ1n) is 12.8. The number of nitrogens with zero attached hydrogens (tertiary/aromatic N) is 2. The number of thiophene rings is 2. The average molecular weight is 574 g/mol. The Kier molecular flexibility index (Phi) is 6.59. The second-order valence-electron chi connectivity index (χ2n) is 9.87. The van der Waals surface area contributed by atoms with Gasteiger partial charge in [-0.15, -0.1) is 22.7 Å². The minimum absolute atomic E-state index is 0.394. The summed E-state index contributed by atoms with van der Waals surface area (Å²) >= 11 is 3.27. The van der Waals surface area contributed by atoms with E-state index in [0.29, 0.717) is 24.4 Å². The van der Waals surface area contributed by atoms with Gasteiger partial charge in [0.15, 0.2) is 0 Å². The lowest BCUT2D eigenvalue weighted by Crippen LogP contribution is -2.20. The fraction of sp³-hybridized carbons (Fsp3) is 0.233. The molecule has 1 saturated carbocycles. The number of carboxylic acids is 1. The van der Waals surface area contributed by atoms with E-state index < -0.39 is 23.6 Å². The van der Waals surface area contributed by atoms with E-state index in [-0.39, 0.29) is 0 Å². The van der Waals surface area contributed by atoms with E-state index in [1.165, 1.54) is 0 Å². The van der Waals surface area contributed by atoms with Crippen molar-refractivity contribution in [2.45, 2.75) is 31.3 Å². The number of hydrogen-bond acceptors (Lipinski definition) is 7. The summed E-state index contributed by atoms with van der Waals surface area (Å²) in [4.78, 5) is 26.6. The number of benzene rings is 2. The number of amides is 1. The molecule has 204 valence electrons. The molecule has 3 heterocycles. The summed E-state index contributed by atoms with van der Waals surface area (Å²) in [6.07, 6.45) is 2.06. The fourth-order valence-corrected chi connectivity index (χ4v) is 7.32. The van der Waals surface area contributed by atoms with Crippen LogP contribution in [0.15, 0.2) is 66.9 Å². The number of aryl methyl sites for hydroxylation is 1. The first-order chi connectivity index (χ1) is 19.3. The van der Waals surface area contributed by atoms with Crippen molar-refractivity contribution in [3.8, 4) is 26.6 Å². The molecule has 1 amide bonds. The molecule has 0 saturated heterocycles. The van der Waals surface area contributed by atoms with Gasteiger partial charge in [0.2, 0.25) is 0 Å². The molecule has 0 spiro atoms. The van der Waals surface area contributed by atoms with Crippen LogP contribution in [0.5, 0.6) is 5.75 Å². The summed E-state index contributed by atoms with van der Waals surface area (Å²) < 4.78 is 15.0. The van der Waals surface area contributed by atoms with E-state index in [1.807, 2.05) is 55.5 Å². The maximum atomic E-state index is 12.7. The molecule has 0 radical (unpaired) electrons. The second-order valence-corrected chi connectivity index (χ2v) is 12.0. The molecule has 1 aliphatic rings. The Morgan fingerprint density at radius 1 is 1.05 bits per heavy atom. The molecule has 1 fully saturated rings. The Hall–Kier alpha value is -4.15. The van der Waals surface area contributed by atoms with E-state index in [4.69, 9.17) is 9.47 Å². The number of carbonyl (C=O) groups excluding carboxylic acids is 1. The lowest BCUT2D eigenvalue weighted by Gasteiger charge is -2.15. The van der Waals surface area contributed by atoms with Crippen molar-refractivity contribution >= 4 is 50.0 Å². The highest BCUT2D eigenvalue weighted by Crippen LogP contribution is 2.52. The molecule has 40 heavy (non-hydrogen) atoms. The summed E-state index contributed by atoms with van der Waals surface area (Å²) in [5.41, 5.74) is 2.63. The molecule has 1 aliphatic carbocycles. The SMILES string of the molecule is COc1cc(-c2cc3sc(-c4cnn(C)c4NC(=O)OC(C)c4ccccc4)cc3s2)ccc1C1(C(=O)O)CC1. The molecular formula is C30H27N3O5S2. The zero-order valence-electron chi connectivity index (χ0n) is 22.1. The van der Waals surface area contributed by atoms with Gasteiger partial charge in [0.1, 0.15) is 17.7 Å². The summed E-state index contributed by atoms with van der Waals surface area (Å²) in [6, 6.07) is 19.6. The molecule has 0 bridgehead atoms. The molecule has 5 aromatic rings. The smallest absolute Gasteiger partial charge is 0.413 e. The standard InChI is InChI=1S/C30H27N3O5S2/c1-17(18-7-5-4-6-8-18)38-29(36)32-27-20(16-31-33(27)2)24-15-26-25(40-24)14-23(39-26)19-9-10-21(22(13-19)37-3)30(11-12-30)28(34)35/h4-10,13-17H,11-12H2,1-3H3,(H,32,36)(H,34,35). The zero-order chi connectivity index (χ0) is 28.0. The van der Waals surface area contributed by atoms with Gasteiger partial charge in [-0.3, -0.25) is 14.8 Å². The van der Waals surface area contributed by atoms with Crippen LogP contribution in [0.25, 0.3) is 30.3 Å². The summed E-state index contributed by atoms with van der Waals surface area (Å²) in [7, 11) is 3.36. The maximum Gasteiger partial charge on any atom is 0.413 e. The highest BCUT2D eigenvalue weighted by Gasteiger charge is 2.53. The van der Waals surface area contributed by atoms with Gasteiger partial charge in [-0.05, 0) is 49.1 Å². The summed E-state index contributed by atoms with van der Waals surface area (Å²) in [5.74, 6) is 0.368. The summed E-state index contributed by atoms with van der Waals surface area (Å²) in [5, 5.41) is 17.0. The predicted molar refractivity (Wildman–Crippen MR) is 157 cm³/mol. The minimum atomic E-state index is -0.823. The number of methoxy groups -OCH3 is 1. The van der Waals surface area contributed by atoms with Crippen LogP contribution in [0.1, 0.15) is 37.0 Å². The number of anilines is 1. The quantitative estimate of drug-likeness (QED) is 0.200. The largest absolute Gasteiger partial charge is 0.496 e. The van der Waals surface area contributed by atoms with Crippen molar-refractivity contribution in [2.75, 3.05) is 12.4 Å². The number of nitrogens with one attached hydrogen (secondary N) is 1. The predicted octanol–water partition coefficient (Wildman–Crippen LogP) is 7.46. The maximum absolute atomic E-state index is 12.7. The van der Waals surface area contributed by atoms with Gasteiger partial charge in [0.25, 0.3) is 0 Å². The Labute approximate surface area is 238 Å². The lowest BCUT2D eigenvalue weighted by atomic mass is 9.93. The van der Waals surface area contributed by atoms with E-state index in [2.05, 4.69) is 22.5 Å². The summed E-state index contributed by atoms with van der Waals surface area (Å²) in [6.45, 7) is 1.84. The zero-order valence-corrected chi connectivity index (χ0v) is 23.8. The molecule has 2 aromatic carbocycles. The van der Waals surface area contributed by atoms with E-state index in [9.17, 15) is 14.7 Å². The third-order valence-corrected chi connectivity index (χ3v) is 9.72. The molecule has 6 rings (SSSR count). The first kappa shape index (κ1) is 26.1. The second kappa shape index (κ2) is 10.1. The molecule has 8 nitrogen and oxygen atoms in total. The van der Waals surface area contributed by atoms with Crippen LogP contribution in [-0.2, 0) is 22.0 Å². The monoisotopic (exact) mass is 573 g/mol. The van der Waals surface area contributed by atoms with E-state index in [1.54, 1.807) is 47.7 Å². The Morgan fingerprint density at radius 2 is 1.75 bits per heavy atom. The molecular weight excluding hydrogens is 546 g/mol. The van der Waals surface area contributed by atoms with Gasteiger partial charge < -0.3 is 14.6 Å². The average Bonchev–Trinajstić information content (AvgIpc) is 3.36. The van der Waals surface area contributed by atoms with Crippen LogP contribution in [0.2, 0.25) is 0 Å². The van der Waals surface area contributed by atoms with Crippen LogP contribution in [0.4, 0.5) is 10.6 Å². The van der Waals surface area contributed by atoms with Crippen LogP contribution >= 0.6 is 22.7 Å². The Balaban J connectivity index is 1.23. The third kappa shape index (κ3) is 4.63. The number of carbonyl (C=O) groups is 2. The van der Waals surface area contributed by atoms with Crippen LogP contribution < -0.4 is 10.1 Å². The molecule has 0 aliphatic heterocycles. The van der Waals surface area contributed by atoms with Gasteiger partial charge in [0, 0.05) is 31.8 Å². The van der Waals surface area contributed by atoms with Crippen molar-refractivity contribution < 1.29 is 24.2 Å². The molecule has 1 unspecified atom stereocenters. The van der Waals surface area contributed by atoms with Crippen molar-refractivity contribution in [2.24, 2.45) is 7.05 Å². The fourth-order valence-electron chi connectivity index (χ4n) is 4.92. The first-order valence-corrected chi connectivity index (χ1v) is 14.4. The number of rotatable bonds is 8. The minimum Gasteiger partial charge on any atom is -0.496 e. The van der Waals surface area contributed by atoms with Gasteiger partial charge in [-0.1, -0.05) is 42.5 Å². The number of ether oxygens (including phenoxy) is 2. The van der Waals surface area contributed by atoms with E-state index >= 15 is 0 Å². The number of hydrogen-bond donors (Lipinski definition) is 2. The highest BCUT2D eigenvalue weighted by molar-refractivity contribution is 7.31. The highest BCUT2D eigenvalue weighted by atomic mass is 32.1. The van der Waals surface area contributed by atoms with Gasteiger partial charge >= 0.3 is 12.1 Å². The number of aliphatic carboxylic acids is 1. The number of carboxylic acid groups (broad SMARTS) is 1. The van der Waals surface area contributed by atoms with Crippen LogP contribution in [0, 0.1) is 0 Å². The lowest BCUT2D eigenvalue weighted by molar-refractivity contribution is -0.140. The molecule has 10 heteroatoms. The van der Waals surface area contributed by atoms with Gasteiger partial charge in [0.05, 0.1) is 24.3 Å². The van der Waals surface area contributed by atoms with Gasteiger partial charge in [-0.25, -0.2) is 4.79 Å². The Bertz CT molecular complexity index is 1700. The van der Waals surface area contributed by atoms with E-state index in [0.717, 1.165) is 41.4 Å². The normalized spacial score (nSPS) is 14.6. The van der Waals surface area contributed by atoms with Crippen LogP contribution in [-0.4, -0.2) is 34.1 Å². The van der Waals surface area contributed by atoms with Crippen molar-refractivity contribution in [1.82, 2.24) is 9.78 Å². The van der Waals surface area contributed by atoms with Crippen LogP contribution in [0.3, 0.4) is 0 Å². The van der Waals surface area contributed by atoms with Crippen molar-refractivity contribution in [3.63, 3.8) is 0 Å². The molecule has 3 aromatic heterocycles. The molecule has 1 atom stereocenters. The van der Waals surface area contributed by atoms with Gasteiger partial charge in [-0.2, -0.15) is 5.10 Å². The number of aromatic nitrogens is 2. The third-order valence-electron chi connectivity index (χ3n) is 7.35. The van der Waals surface area contributed by atoms with Crippen molar-refractivity contribution in [1.29, 1.82) is 0 Å². The topological polar surface area (TPSA) is 103 Å². The Morgan fingerprint density at radius 3 is 2.42 bits per heavy atom. The van der Waals surface area contributed by atoms with Crippen molar-refractivity contribution in [3.05, 3.63) is 78.0 Å².